The van der Waals surface area contributed by atoms with E-state index in [2.05, 4.69) is 32.3 Å². The van der Waals surface area contributed by atoms with Crippen LogP contribution in [0.25, 0.3) is 15.5 Å². The number of rotatable bonds is 2. The summed E-state index contributed by atoms with van der Waals surface area (Å²) in [5, 5.41) is 12.9. The van der Waals surface area contributed by atoms with Gasteiger partial charge in [-0.1, -0.05) is 6.07 Å². The first-order valence-electron chi connectivity index (χ1n) is 4.75. The summed E-state index contributed by atoms with van der Waals surface area (Å²) in [5.41, 5.74) is 2.10. The molecule has 0 aliphatic carbocycles. The number of fused-ring (bicyclic) bond motifs is 1. The first kappa shape index (κ1) is 9.58. The standard InChI is InChI=1S/C11H7N3S2/c12-4-3-8-6-13-11-14(8)9(7-16-11)10-2-1-5-15-10/h1-2,5-7H,3H2. The van der Waals surface area contributed by atoms with Crippen molar-refractivity contribution in [3.63, 3.8) is 0 Å². The molecule has 16 heavy (non-hydrogen) atoms. The molecule has 0 atom stereocenters. The van der Waals surface area contributed by atoms with Crippen LogP contribution >= 0.6 is 22.7 Å². The lowest BCUT2D eigenvalue weighted by Gasteiger charge is -1.98. The van der Waals surface area contributed by atoms with Crippen LogP contribution in [-0.2, 0) is 6.42 Å². The van der Waals surface area contributed by atoms with Gasteiger partial charge >= 0.3 is 0 Å². The van der Waals surface area contributed by atoms with E-state index in [0.717, 1.165) is 16.3 Å². The van der Waals surface area contributed by atoms with E-state index >= 15 is 0 Å². The van der Waals surface area contributed by atoms with Gasteiger partial charge < -0.3 is 0 Å². The number of thiophene rings is 1. The maximum absolute atomic E-state index is 8.77. The molecule has 5 heteroatoms. The molecule has 0 fully saturated rings. The summed E-state index contributed by atoms with van der Waals surface area (Å²) in [6, 6.07) is 6.29. The average molecular weight is 245 g/mol. The molecule has 3 aromatic rings. The Balaban J connectivity index is 2.26. The highest BCUT2D eigenvalue weighted by Gasteiger charge is 2.11. The monoisotopic (exact) mass is 245 g/mol. The SMILES string of the molecule is N#CCc1cnc2scc(-c3cccs3)n12. The Morgan fingerprint density at radius 3 is 3.12 bits per heavy atom. The third-order valence-corrected chi connectivity index (χ3v) is 4.09. The lowest BCUT2D eigenvalue weighted by molar-refractivity contribution is 1.08. The molecule has 0 aliphatic rings. The predicted molar refractivity (Wildman–Crippen MR) is 65.7 cm³/mol. The summed E-state index contributed by atoms with van der Waals surface area (Å²) in [4.78, 5) is 6.47. The smallest absolute Gasteiger partial charge is 0.194 e. The van der Waals surface area contributed by atoms with Crippen LogP contribution < -0.4 is 0 Å². The lowest BCUT2D eigenvalue weighted by atomic mass is 10.3. The molecule has 78 valence electrons. The number of hydrogen-bond donors (Lipinski definition) is 0. The minimum Gasteiger partial charge on any atom is -0.285 e. The predicted octanol–water partition coefficient (Wildman–Crippen LogP) is 3.19. The Labute approximate surface area is 100 Å². The maximum atomic E-state index is 8.77. The third-order valence-electron chi connectivity index (χ3n) is 2.35. The summed E-state index contributed by atoms with van der Waals surface area (Å²) < 4.78 is 2.07. The normalized spacial score (nSPS) is 10.7. The van der Waals surface area contributed by atoms with E-state index < -0.39 is 0 Å². The van der Waals surface area contributed by atoms with Crippen molar-refractivity contribution in [1.29, 1.82) is 5.26 Å². The highest BCUT2D eigenvalue weighted by Crippen LogP contribution is 2.30. The number of nitrogens with zero attached hydrogens (tertiary/aromatic N) is 3. The molecule has 0 amide bonds. The highest BCUT2D eigenvalue weighted by atomic mass is 32.1. The lowest BCUT2D eigenvalue weighted by Crippen LogP contribution is -1.90. The minimum absolute atomic E-state index is 0.399. The molecule has 0 radical (unpaired) electrons. The molecule has 0 bridgehead atoms. The van der Waals surface area contributed by atoms with E-state index in [-0.39, 0.29) is 0 Å². The van der Waals surface area contributed by atoms with E-state index in [1.165, 1.54) is 4.88 Å². The van der Waals surface area contributed by atoms with E-state index in [4.69, 9.17) is 5.26 Å². The van der Waals surface area contributed by atoms with Crippen LogP contribution in [-0.4, -0.2) is 9.38 Å². The van der Waals surface area contributed by atoms with Gasteiger partial charge in [0.05, 0.1) is 35.0 Å². The van der Waals surface area contributed by atoms with Gasteiger partial charge in [-0.05, 0) is 11.4 Å². The molecule has 0 saturated heterocycles. The van der Waals surface area contributed by atoms with Gasteiger partial charge in [0.25, 0.3) is 0 Å². The second-order valence-electron chi connectivity index (χ2n) is 3.30. The van der Waals surface area contributed by atoms with Gasteiger partial charge in [0, 0.05) is 5.38 Å². The van der Waals surface area contributed by atoms with Crippen molar-refractivity contribution in [2.45, 2.75) is 6.42 Å². The maximum Gasteiger partial charge on any atom is 0.194 e. The second-order valence-corrected chi connectivity index (χ2v) is 5.08. The number of aromatic nitrogens is 2. The van der Waals surface area contributed by atoms with Crippen LogP contribution in [0, 0.1) is 11.3 Å². The molecule has 0 aromatic carbocycles. The number of nitriles is 1. The van der Waals surface area contributed by atoms with E-state index in [9.17, 15) is 0 Å². The fraction of sp³-hybridized carbons (Fsp3) is 0.0909. The third kappa shape index (κ3) is 1.35. The highest BCUT2D eigenvalue weighted by molar-refractivity contribution is 7.16. The first-order chi connectivity index (χ1) is 7.90. The Morgan fingerprint density at radius 2 is 2.38 bits per heavy atom. The van der Waals surface area contributed by atoms with Gasteiger partial charge in [0.15, 0.2) is 4.96 Å². The fourth-order valence-corrected chi connectivity index (χ4v) is 3.36. The van der Waals surface area contributed by atoms with Crippen LogP contribution in [0.1, 0.15) is 5.69 Å². The van der Waals surface area contributed by atoms with Crippen LogP contribution in [0.3, 0.4) is 0 Å². The van der Waals surface area contributed by atoms with E-state index in [1.807, 2.05) is 6.07 Å². The molecule has 0 unspecified atom stereocenters. The second kappa shape index (κ2) is 3.74. The Bertz CT molecular complexity index is 655. The van der Waals surface area contributed by atoms with Crippen molar-refractivity contribution in [1.82, 2.24) is 9.38 Å². The van der Waals surface area contributed by atoms with Crippen molar-refractivity contribution >= 4 is 27.6 Å². The molecule has 0 N–H and O–H groups in total. The summed E-state index contributed by atoms with van der Waals surface area (Å²) in [7, 11) is 0. The van der Waals surface area contributed by atoms with Gasteiger partial charge in [-0.3, -0.25) is 4.40 Å². The molecular formula is C11H7N3S2. The molecular weight excluding hydrogens is 238 g/mol. The topological polar surface area (TPSA) is 41.1 Å². The van der Waals surface area contributed by atoms with Gasteiger partial charge in [0.1, 0.15) is 0 Å². The van der Waals surface area contributed by atoms with E-state index in [0.29, 0.717) is 6.42 Å². The average Bonchev–Trinajstić information content (AvgIpc) is 2.94. The van der Waals surface area contributed by atoms with Crippen LogP contribution in [0.2, 0.25) is 0 Å². The largest absolute Gasteiger partial charge is 0.285 e. The Kier molecular flexibility index (Phi) is 2.24. The molecule has 3 heterocycles. The van der Waals surface area contributed by atoms with Crippen molar-refractivity contribution < 1.29 is 0 Å². The quantitative estimate of drug-likeness (QED) is 0.695. The molecule has 3 aromatic heterocycles. The number of thiazole rings is 1. The minimum atomic E-state index is 0.399. The van der Waals surface area contributed by atoms with Crippen LogP contribution in [0.15, 0.2) is 29.1 Å². The summed E-state index contributed by atoms with van der Waals surface area (Å²) in [6.07, 6.45) is 2.18. The van der Waals surface area contributed by atoms with Gasteiger partial charge in [-0.2, -0.15) is 5.26 Å². The fourth-order valence-electron chi connectivity index (χ4n) is 1.67. The molecule has 3 nitrogen and oxygen atoms in total. The first-order valence-corrected chi connectivity index (χ1v) is 6.50. The zero-order valence-corrected chi connectivity index (χ0v) is 9.88. The summed E-state index contributed by atoms with van der Waals surface area (Å²) in [5.74, 6) is 0. The van der Waals surface area contributed by atoms with Crippen LogP contribution in [0.5, 0.6) is 0 Å². The van der Waals surface area contributed by atoms with Gasteiger partial charge in [-0.25, -0.2) is 4.98 Å². The van der Waals surface area contributed by atoms with Gasteiger partial charge in [0.2, 0.25) is 0 Å². The molecule has 0 spiro atoms. The zero-order valence-electron chi connectivity index (χ0n) is 8.25. The summed E-state index contributed by atoms with van der Waals surface area (Å²) in [6.45, 7) is 0. The Morgan fingerprint density at radius 1 is 1.44 bits per heavy atom. The van der Waals surface area contributed by atoms with Crippen LogP contribution in [0.4, 0.5) is 0 Å². The number of imidazole rings is 1. The van der Waals surface area contributed by atoms with Crippen molar-refractivity contribution in [2.75, 3.05) is 0 Å². The van der Waals surface area contributed by atoms with Crippen molar-refractivity contribution in [2.24, 2.45) is 0 Å². The zero-order chi connectivity index (χ0) is 11.0. The van der Waals surface area contributed by atoms with E-state index in [1.54, 1.807) is 28.9 Å². The Hall–Kier alpha value is -1.64. The van der Waals surface area contributed by atoms with Crippen molar-refractivity contribution in [3.05, 3.63) is 34.8 Å². The number of hydrogen-bond acceptors (Lipinski definition) is 4. The molecule has 0 saturated carbocycles. The molecule has 0 aliphatic heterocycles. The summed E-state index contributed by atoms with van der Waals surface area (Å²) >= 11 is 3.31. The molecule has 3 rings (SSSR count). The van der Waals surface area contributed by atoms with Crippen molar-refractivity contribution in [3.8, 4) is 16.6 Å². The van der Waals surface area contributed by atoms with Gasteiger partial charge in [-0.15, -0.1) is 22.7 Å².